The molecule has 0 bridgehead atoms. The van der Waals surface area contributed by atoms with Crippen molar-refractivity contribution in [3.8, 4) is 0 Å². The molecule has 1 heterocycles. The first-order chi connectivity index (χ1) is 10.2. The largest absolute Gasteiger partial charge is 0.374 e. The minimum Gasteiger partial charge on any atom is -0.374 e. The van der Waals surface area contributed by atoms with Crippen molar-refractivity contribution in [1.29, 1.82) is 0 Å². The highest BCUT2D eigenvalue weighted by atomic mass is 32.2. The Morgan fingerprint density at radius 2 is 1.95 bits per heavy atom. The second-order valence-electron chi connectivity index (χ2n) is 5.06. The number of nitrogens with zero attached hydrogens (tertiary/aromatic N) is 2. The predicted molar refractivity (Wildman–Crippen MR) is 92.2 cm³/mol. The van der Waals surface area contributed by atoms with Crippen LogP contribution in [0.15, 0.2) is 6.07 Å². The van der Waals surface area contributed by atoms with Gasteiger partial charge in [-0.2, -0.15) is 11.8 Å². The van der Waals surface area contributed by atoms with E-state index in [0.29, 0.717) is 19.1 Å². The summed E-state index contributed by atoms with van der Waals surface area (Å²) in [6.07, 6.45) is 3.20. The van der Waals surface area contributed by atoms with Crippen molar-refractivity contribution in [3.63, 3.8) is 0 Å². The van der Waals surface area contributed by atoms with Crippen molar-refractivity contribution in [2.75, 3.05) is 42.3 Å². The third-order valence-electron chi connectivity index (χ3n) is 2.85. The predicted octanol–water partition coefficient (Wildman–Crippen LogP) is 3.25. The molecule has 0 fully saturated rings. The maximum absolute atomic E-state index is 5.41. The summed E-state index contributed by atoms with van der Waals surface area (Å²) < 4.78 is 5.41. The molecule has 6 heteroatoms. The molecular formula is C15H28N4OS. The topological polar surface area (TPSA) is 59.1 Å². The van der Waals surface area contributed by atoms with E-state index in [2.05, 4.69) is 40.7 Å². The lowest BCUT2D eigenvalue weighted by molar-refractivity contribution is 0.128. The first-order valence-corrected chi connectivity index (χ1v) is 9.01. The zero-order valence-electron chi connectivity index (χ0n) is 13.6. The molecule has 1 unspecified atom stereocenters. The second kappa shape index (κ2) is 10.7. The van der Waals surface area contributed by atoms with Crippen molar-refractivity contribution in [2.45, 2.75) is 33.8 Å². The van der Waals surface area contributed by atoms with Crippen molar-refractivity contribution < 1.29 is 4.74 Å². The number of ether oxygens (including phenoxy) is 1. The Labute approximate surface area is 132 Å². The maximum atomic E-state index is 5.41. The molecule has 0 aromatic carbocycles. The summed E-state index contributed by atoms with van der Waals surface area (Å²) in [7, 11) is 0. The maximum Gasteiger partial charge on any atom is 0.158 e. The highest BCUT2D eigenvalue weighted by molar-refractivity contribution is 7.98. The van der Waals surface area contributed by atoms with Gasteiger partial charge in [0.2, 0.25) is 0 Å². The first-order valence-electron chi connectivity index (χ1n) is 7.61. The second-order valence-corrected chi connectivity index (χ2v) is 5.97. The Balaban J connectivity index is 2.70. The lowest BCUT2D eigenvalue weighted by Gasteiger charge is -2.14. The summed E-state index contributed by atoms with van der Waals surface area (Å²) >= 11 is 1.87. The third kappa shape index (κ3) is 7.52. The molecule has 0 spiro atoms. The van der Waals surface area contributed by atoms with Gasteiger partial charge in [-0.05, 0) is 31.3 Å². The molecule has 1 atom stereocenters. The fraction of sp³-hybridized carbons (Fsp3) is 0.733. The Kier molecular flexibility index (Phi) is 9.17. The van der Waals surface area contributed by atoms with E-state index in [1.165, 1.54) is 0 Å². The van der Waals surface area contributed by atoms with Gasteiger partial charge < -0.3 is 15.4 Å². The molecule has 21 heavy (non-hydrogen) atoms. The summed E-state index contributed by atoms with van der Waals surface area (Å²) in [6, 6.07) is 1.97. The first kappa shape index (κ1) is 18.0. The van der Waals surface area contributed by atoms with E-state index in [1.807, 2.05) is 24.8 Å². The fourth-order valence-electron chi connectivity index (χ4n) is 1.81. The van der Waals surface area contributed by atoms with Gasteiger partial charge in [0.1, 0.15) is 18.2 Å². The van der Waals surface area contributed by atoms with E-state index >= 15 is 0 Å². The van der Waals surface area contributed by atoms with Crippen LogP contribution < -0.4 is 10.6 Å². The summed E-state index contributed by atoms with van der Waals surface area (Å²) in [6.45, 7) is 9.30. The van der Waals surface area contributed by atoms with Crippen molar-refractivity contribution >= 4 is 23.4 Å². The standard InChI is InChI=1S/C15H28N4OS/c1-5-7-16-13-8-14(17-9-12(3)11-21-4)19-15(18-13)10-20-6-2/h8,12H,5-7,9-11H2,1-4H3,(H2,16,17,18,19). The Morgan fingerprint density at radius 1 is 1.24 bits per heavy atom. The molecule has 2 N–H and O–H groups in total. The Hall–Kier alpha value is -1.01. The number of hydrogen-bond acceptors (Lipinski definition) is 6. The number of thioether (sulfide) groups is 1. The van der Waals surface area contributed by atoms with Gasteiger partial charge in [0.05, 0.1) is 0 Å². The van der Waals surface area contributed by atoms with Crippen molar-refractivity contribution in [2.24, 2.45) is 5.92 Å². The van der Waals surface area contributed by atoms with Crippen LogP contribution in [0.1, 0.15) is 33.0 Å². The van der Waals surface area contributed by atoms with Crippen LogP contribution in [0.2, 0.25) is 0 Å². The van der Waals surface area contributed by atoms with E-state index in [-0.39, 0.29) is 0 Å². The number of aromatic nitrogens is 2. The number of nitrogens with one attached hydrogen (secondary N) is 2. The minimum absolute atomic E-state index is 0.452. The molecule has 0 radical (unpaired) electrons. The van der Waals surface area contributed by atoms with Gasteiger partial charge in [0.25, 0.3) is 0 Å². The van der Waals surface area contributed by atoms with Crippen molar-refractivity contribution in [1.82, 2.24) is 9.97 Å². The number of hydrogen-bond donors (Lipinski definition) is 2. The number of anilines is 2. The molecule has 0 saturated carbocycles. The van der Waals surface area contributed by atoms with Crippen LogP contribution in [0.25, 0.3) is 0 Å². The van der Waals surface area contributed by atoms with Crippen LogP contribution in [-0.2, 0) is 11.3 Å². The number of rotatable bonds is 11. The van der Waals surface area contributed by atoms with Gasteiger partial charge in [-0.3, -0.25) is 0 Å². The smallest absolute Gasteiger partial charge is 0.158 e. The molecule has 1 aromatic heterocycles. The summed E-state index contributed by atoms with van der Waals surface area (Å²) in [5, 5.41) is 6.72. The van der Waals surface area contributed by atoms with Gasteiger partial charge in [0.15, 0.2) is 5.82 Å². The van der Waals surface area contributed by atoms with Crippen LogP contribution in [-0.4, -0.2) is 41.7 Å². The zero-order valence-corrected chi connectivity index (χ0v) is 14.4. The molecule has 5 nitrogen and oxygen atoms in total. The molecule has 1 aromatic rings. The van der Waals surface area contributed by atoms with Gasteiger partial charge >= 0.3 is 0 Å². The minimum atomic E-state index is 0.452. The normalized spacial score (nSPS) is 12.2. The van der Waals surface area contributed by atoms with Crippen LogP contribution in [0.5, 0.6) is 0 Å². The van der Waals surface area contributed by atoms with E-state index in [1.54, 1.807) is 0 Å². The molecule has 0 amide bonds. The van der Waals surface area contributed by atoms with Crippen molar-refractivity contribution in [3.05, 3.63) is 11.9 Å². The molecule has 1 rings (SSSR count). The van der Waals surface area contributed by atoms with E-state index in [0.717, 1.165) is 42.7 Å². The van der Waals surface area contributed by atoms with Crippen LogP contribution in [0.4, 0.5) is 11.6 Å². The van der Waals surface area contributed by atoms with E-state index in [4.69, 9.17) is 4.74 Å². The molecule has 0 aliphatic heterocycles. The molecule has 0 aliphatic rings. The average Bonchev–Trinajstić information content (AvgIpc) is 2.49. The third-order valence-corrected chi connectivity index (χ3v) is 3.75. The summed E-state index contributed by atoms with van der Waals surface area (Å²) in [4.78, 5) is 9.00. The van der Waals surface area contributed by atoms with E-state index in [9.17, 15) is 0 Å². The van der Waals surface area contributed by atoms with Gasteiger partial charge in [-0.1, -0.05) is 13.8 Å². The summed E-state index contributed by atoms with van der Waals surface area (Å²) in [5.74, 6) is 4.20. The van der Waals surface area contributed by atoms with E-state index < -0.39 is 0 Å². The lowest BCUT2D eigenvalue weighted by Crippen LogP contribution is -2.15. The van der Waals surface area contributed by atoms with Crippen LogP contribution in [0, 0.1) is 5.92 Å². The fourth-order valence-corrected chi connectivity index (χ4v) is 2.50. The highest BCUT2D eigenvalue weighted by Gasteiger charge is 2.06. The van der Waals surface area contributed by atoms with Gasteiger partial charge in [-0.25, -0.2) is 9.97 Å². The Morgan fingerprint density at radius 3 is 2.57 bits per heavy atom. The SMILES string of the molecule is CCCNc1cc(NCC(C)CSC)nc(COCC)n1. The van der Waals surface area contributed by atoms with Crippen LogP contribution in [0.3, 0.4) is 0 Å². The zero-order chi connectivity index (χ0) is 15.5. The molecular weight excluding hydrogens is 284 g/mol. The Bertz CT molecular complexity index is 377. The average molecular weight is 312 g/mol. The molecule has 120 valence electrons. The monoisotopic (exact) mass is 312 g/mol. The molecule has 0 aliphatic carbocycles. The van der Waals surface area contributed by atoms with Gasteiger partial charge in [-0.15, -0.1) is 0 Å². The summed E-state index contributed by atoms with van der Waals surface area (Å²) in [5.41, 5.74) is 0. The lowest BCUT2D eigenvalue weighted by atomic mass is 10.2. The van der Waals surface area contributed by atoms with Gasteiger partial charge in [0, 0.05) is 25.8 Å². The quantitative estimate of drug-likeness (QED) is 0.654. The molecule has 0 saturated heterocycles. The highest BCUT2D eigenvalue weighted by Crippen LogP contribution is 2.13. The van der Waals surface area contributed by atoms with Crippen LogP contribution >= 0.6 is 11.8 Å².